The molecule has 5 aromatic rings. The number of likely N-dealkylation sites (tertiary alicyclic amines) is 1. The quantitative estimate of drug-likeness (QED) is 0.313. The molecule has 10 nitrogen and oxygen atoms in total. The number of aromatic nitrogens is 4. The van der Waals surface area contributed by atoms with Gasteiger partial charge in [0.05, 0.1) is 28.5 Å². The number of carbonyl (C=O) groups is 2. The van der Waals surface area contributed by atoms with Gasteiger partial charge in [-0.25, -0.2) is 4.79 Å². The Balaban J connectivity index is 1.29. The van der Waals surface area contributed by atoms with E-state index in [1.54, 1.807) is 30.9 Å². The molecule has 0 unspecified atom stereocenters. The van der Waals surface area contributed by atoms with Crippen molar-refractivity contribution < 1.29 is 14.7 Å². The Labute approximate surface area is 218 Å². The van der Waals surface area contributed by atoms with Gasteiger partial charge in [0.25, 0.3) is 5.91 Å². The molecule has 190 valence electrons. The number of pyridine rings is 1. The van der Waals surface area contributed by atoms with Crippen molar-refractivity contribution in [3.05, 3.63) is 79.0 Å². The molecule has 2 aromatic carbocycles. The molecule has 10 heteroatoms. The van der Waals surface area contributed by atoms with Crippen molar-refractivity contribution in [2.24, 2.45) is 13.0 Å². The number of benzene rings is 2. The molecule has 1 aliphatic rings. The summed E-state index contributed by atoms with van der Waals surface area (Å²) in [6, 6.07) is 13.9. The third-order valence-corrected chi connectivity index (χ3v) is 6.90. The Kier molecular flexibility index (Phi) is 5.83. The van der Waals surface area contributed by atoms with E-state index in [2.05, 4.69) is 54.4 Å². The maximum Gasteiger partial charge on any atom is 0.407 e. The zero-order chi connectivity index (χ0) is 26.2. The highest BCUT2D eigenvalue weighted by molar-refractivity contribution is 6.01. The van der Waals surface area contributed by atoms with E-state index < -0.39 is 6.09 Å². The molecule has 0 radical (unpaired) electrons. The third-order valence-electron chi connectivity index (χ3n) is 6.90. The van der Waals surface area contributed by atoms with E-state index in [4.69, 9.17) is 5.11 Å². The van der Waals surface area contributed by atoms with Crippen LogP contribution < -0.4 is 10.6 Å². The summed E-state index contributed by atoms with van der Waals surface area (Å²) < 4.78 is 2.08. The van der Waals surface area contributed by atoms with Gasteiger partial charge >= 0.3 is 6.09 Å². The number of amides is 2. The Bertz CT molecular complexity index is 1690. The van der Waals surface area contributed by atoms with Gasteiger partial charge in [-0.1, -0.05) is 12.1 Å². The second-order valence-electron chi connectivity index (χ2n) is 9.46. The van der Waals surface area contributed by atoms with Gasteiger partial charge in [0.1, 0.15) is 0 Å². The zero-order valence-corrected chi connectivity index (χ0v) is 20.6. The van der Waals surface area contributed by atoms with E-state index in [9.17, 15) is 9.59 Å². The predicted octanol–water partition coefficient (Wildman–Crippen LogP) is 4.27. The number of anilines is 2. The lowest BCUT2D eigenvalue weighted by atomic mass is 10.0. The number of rotatable bonds is 6. The van der Waals surface area contributed by atoms with E-state index in [1.165, 1.54) is 4.90 Å². The second kappa shape index (κ2) is 9.47. The molecule has 0 saturated carbocycles. The smallest absolute Gasteiger partial charge is 0.407 e. The number of aryl methyl sites for hydroxylation is 1. The molecule has 1 fully saturated rings. The normalized spacial score (nSPS) is 13.4. The van der Waals surface area contributed by atoms with Crippen LogP contribution in [0.5, 0.6) is 0 Å². The van der Waals surface area contributed by atoms with E-state index in [0.717, 1.165) is 38.8 Å². The molecule has 1 aliphatic heterocycles. The maximum atomic E-state index is 13.0. The molecule has 3 aromatic heterocycles. The number of fused-ring (bicyclic) bond motifs is 2. The standard InChI is InChI=1S/C28H25N7O3/c1-34-9-5-18-2-3-19(10-25(18)34)22-11-20(12-23-26(22)31-8-7-30-23)33-24-14-29-6-4-21(24)27(36)32-13-17-15-35(16-17)28(37)38/h2-12,14,17,33H,13,15-16H2,1H3,(H,32,36)(H,37,38). The topological polar surface area (TPSA) is 125 Å². The number of hydrogen-bond acceptors (Lipinski definition) is 6. The SMILES string of the molecule is Cn1ccc2ccc(-c3cc(Nc4cnccc4C(=O)NCC4CN(C(=O)O)C4)cc4nccnc34)cc21. The molecule has 6 rings (SSSR count). The zero-order valence-electron chi connectivity index (χ0n) is 20.6. The summed E-state index contributed by atoms with van der Waals surface area (Å²) in [7, 11) is 2.02. The number of carboxylic acid groups (broad SMARTS) is 1. The molecular formula is C28H25N7O3. The van der Waals surface area contributed by atoms with Gasteiger partial charge in [-0.3, -0.25) is 19.7 Å². The first-order valence-electron chi connectivity index (χ1n) is 12.2. The summed E-state index contributed by atoms with van der Waals surface area (Å²) in [5.41, 5.74) is 6.30. The van der Waals surface area contributed by atoms with Gasteiger partial charge in [0.15, 0.2) is 0 Å². The van der Waals surface area contributed by atoms with Crippen molar-refractivity contribution in [1.29, 1.82) is 0 Å². The lowest BCUT2D eigenvalue weighted by molar-refractivity contribution is 0.0769. The van der Waals surface area contributed by atoms with Gasteiger partial charge in [-0.2, -0.15) is 0 Å². The maximum absolute atomic E-state index is 13.0. The highest BCUT2D eigenvalue weighted by Crippen LogP contribution is 2.33. The fraction of sp³-hybridized carbons (Fsp3) is 0.179. The second-order valence-corrected chi connectivity index (χ2v) is 9.46. The van der Waals surface area contributed by atoms with Crippen molar-refractivity contribution in [2.45, 2.75) is 0 Å². The summed E-state index contributed by atoms with van der Waals surface area (Å²) in [6.45, 7) is 1.25. The minimum Gasteiger partial charge on any atom is -0.465 e. The van der Waals surface area contributed by atoms with Crippen LogP contribution in [0.1, 0.15) is 10.4 Å². The average Bonchev–Trinajstić information content (AvgIpc) is 3.27. The molecule has 1 saturated heterocycles. The number of carbonyl (C=O) groups excluding carboxylic acids is 1. The van der Waals surface area contributed by atoms with Crippen LogP contribution in [-0.4, -0.2) is 61.2 Å². The Morgan fingerprint density at radius 2 is 1.89 bits per heavy atom. The van der Waals surface area contributed by atoms with Crippen LogP contribution in [0.15, 0.2) is 73.4 Å². The molecule has 2 amide bonds. The van der Waals surface area contributed by atoms with Gasteiger partial charge in [0, 0.05) is 74.2 Å². The molecule has 0 aliphatic carbocycles. The lowest BCUT2D eigenvalue weighted by Gasteiger charge is -2.37. The molecule has 3 N–H and O–H groups in total. The lowest BCUT2D eigenvalue weighted by Crippen LogP contribution is -2.53. The summed E-state index contributed by atoms with van der Waals surface area (Å²) in [5, 5.41) is 16.4. The van der Waals surface area contributed by atoms with E-state index in [0.29, 0.717) is 30.9 Å². The number of nitrogens with one attached hydrogen (secondary N) is 2. The van der Waals surface area contributed by atoms with Gasteiger partial charge in [-0.15, -0.1) is 0 Å². The first kappa shape index (κ1) is 23.4. The fourth-order valence-electron chi connectivity index (χ4n) is 4.83. The van der Waals surface area contributed by atoms with Crippen LogP contribution >= 0.6 is 0 Å². The molecule has 0 spiro atoms. The largest absolute Gasteiger partial charge is 0.465 e. The first-order chi connectivity index (χ1) is 18.5. The molecule has 0 atom stereocenters. The van der Waals surface area contributed by atoms with Crippen molar-refractivity contribution in [2.75, 3.05) is 25.0 Å². The Hall–Kier alpha value is -4.99. The number of nitrogens with zero attached hydrogens (tertiary/aromatic N) is 5. The van der Waals surface area contributed by atoms with E-state index >= 15 is 0 Å². The van der Waals surface area contributed by atoms with Crippen LogP contribution in [0.25, 0.3) is 33.1 Å². The van der Waals surface area contributed by atoms with Crippen LogP contribution in [0.4, 0.5) is 16.2 Å². The minimum atomic E-state index is -0.934. The van der Waals surface area contributed by atoms with E-state index in [1.807, 2.05) is 25.4 Å². The van der Waals surface area contributed by atoms with Crippen molar-refractivity contribution in [3.63, 3.8) is 0 Å². The molecule has 38 heavy (non-hydrogen) atoms. The van der Waals surface area contributed by atoms with Crippen molar-refractivity contribution in [1.82, 2.24) is 29.7 Å². The van der Waals surface area contributed by atoms with Gasteiger partial charge in [0.2, 0.25) is 0 Å². The van der Waals surface area contributed by atoms with Crippen LogP contribution in [0.3, 0.4) is 0 Å². The minimum absolute atomic E-state index is 0.108. The molecule has 4 heterocycles. The highest BCUT2D eigenvalue weighted by atomic mass is 16.4. The third kappa shape index (κ3) is 4.36. The monoisotopic (exact) mass is 507 g/mol. The van der Waals surface area contributed by atoms with Gasteiger partial charge < -0.3 is 25.2 Å². The molecular weight excluding hydrogens is 482 g/mol. The predicted molar refractivity (Wildman–Crippen MR) is 144 cm³/mol. The van der Waals surface area contributed by atoms with Gasteiger partial charge in [-0.05, 0) is 41.3 Å². The van der Waals surface area contributed by atoms with Crippen molar-refractivity contribution >= 4 is 45.3 Å². The number of hydrogen-bond donors (Lipinski definition) is 3. The summed E-state index contributed by atoms with van der Waals surface area (Å²) in [4.78, 5) is 38.7. The highest BCUT2D eigenvalue weighted by Gasteiger charge is 2.30. The molecule has 0 bridgehead atoms. The Morgan fingerprint density at radius 1 is 1.05 bits per heavy atom. The first-order valence-corrected chi connectivity index (χ1v) is 12.2. The summed E-state index contributed by atoms with van der Waals surface area (Å²) >= 11 is 0. The van der Waals surface area contributed by atoms with Crippen molar-refractivity contribution in [3.8, 4) is 11.1 Å². The van der Waals surface area contributed by atoms with Crippen LogP contribution in [0.2, 0.25) is 0 Å². The fourth-order valence-corrected chi connectivity index (χ4v) is 4.83. The average molecular weight is 508 g/mol. The summed E-state index contributed by atoms with van der Waals surface area (Å²) in [6.07, 6.45) is 7.62. The van der Waals surface area contributed by atoms with E-state index in [-0.39, 0.29) is 11.8 Å². The summed E-state index contributed by atoms with van der Waals surface area (Å²) in [5.74, 6) is -0.143. The van der Waals surface area contributed by atoms with Crippen LogP contribution in [0, 0.1) is 5.92 Å². The Morgan fingerprint density at radius 3 is 2.74 bits per heavy atom. The van der Waals surface area contributed by atoms with Crippen LogP contribution in [-0.2, 0) is 7.05 Å².